The van der Waals surface area contributed by atoms with Crippen LogP contribution in [0.3, 0.4) is 0 Å². The van der Waals surface area contributed by atoms with E-state index in [0.29, 0.717) is 57.3 Å². The van der Waals surface area contributed by atoms with Crippen LogP contribution in [0.2, 0.25) is 16.6 Å². The van der Waals surface area contributed by atoms with Gasteiger partial charge >= 0.3 is 6.01 Å². The molecule has 0 spiro atoms. The van der Waals surface area contributed by atoms with E-state index in [-0.39, 0.29) is 23.4 Å². The van der Waals surface area contributed by atoms with Crippen molar-refractivity contribution in [1.82, 2.24) is 20.2 Å². The van der Waals surface area contributed by atoms with Gasteiger partial charge in [0.1, 0.15) is 31.3 Å². The summed E-state index contributed by atoms with van der Waals surface area (Å²) in [7, 11) is 0.179. The fraction of sp³-hybridized carbons (Fsp3) is 0.535. The van der Waals surface area contributed by atoms with Gasteiger partial charge in [-0.2, -0.15) is 9.97 Å². The molecule has 0 saturated carbocycles. The lowest BCUT2D eigenvalue weighted by molar-refractivity contribution is 0.0603. The first-order chi connectivity index (χ1) is 24.9. The van der Waals surface area contributed by atoms with Crippen molar-refractivity contribution in [2.45, 2.75) is 127 Å². The first-order valence-electron chi connectivity index (χ1n) is 19.6. The Morgan fingerprint density at radius 3 is 2.21 bits per heavy atom. The molecule has 0 radical (unpaired) electrons. The van der Waals surface area contributed by atoms with Crippen LogP contribution in [0.15, 0.2) is 42.5 Å². The molecule has 8 rings (SSSR count). The molecule has 0 aliphatic carbocycles. The van der Waals surface area contributed by atoms with Gasteiger partial charge in [0.25, 0.3) is 0 Å². The maximum atomic E-state index is 17.4. The molecule has 5 heterocycles. The summed E-state index contributed by atoms with van der Waals surface area (Å²) in [6.07, 6.45) is 6.50. The highest BCUT2D eigenvalue weighted by atomic mass is 28.3. The zero-order chi connectivity index (χ0) is 36.5. The molecule has 4 bridgehead atoms. The van der Waals surface area contributed by atoms with E-state index in [1.807, 2.05) is 30.3 Å². The van der Waals surface area contributed by atoms with E-state index in [1.54, 1.807) is 12.1 Å². The number of aromatic hydroxyl groups is 1. The smallest absolute Gasteiger partial charge is 0.319 e. The van der Waals surface area contributed by atoms with Crippen LogP contribution in [0.25, 0.3) is 32.8 Å². The lowest BCUT2D eigenvalue weighted by atomic mass is 9.93. The molecule has 4 saturated heterocycles. The Bertz CT molecular complexity index is 2030. The Labute approximate surface area is 309 Å². The minimum Gasteiger partial charge on any atom is -0.508 e. The summed E-state index contributed by atoms with van der Waals surface area (Å²) in [4.78, 5) is 14.7. The number of piperidine rings is 1. The lowest BCUT2D eigenvalue weighted by Gasteiger charge is -2.38. The number of hydrogen-bond donors (Lipinski definition) is 2. The molecule has 52 heavy (non-hydrogen) atoms. The van der Waals surface area contributed by atoms with Gasteiger partial charge in [-0.05, 0) is 84.6 Å². The van der Waals surface area contributed by atoms with Crippen LogP contribution in [0, 0.1) is 17.3 Å². The summed E-state index contributed by atoms with van der Waals surface area (Å²) in [5, 5.41) is 17.1. The number of aromatic nitrogens is 2. The predicted molar refractivity (Wildman–Crippen MR) is 212 cm³/mol. The number of nitrogens with one attached hydrogen (secondary N) is 1. The Morgan fingerprint density at radius 1 is 0.885 bits per heavy atom. The minimum atomic E-state index is -2.04. The van der Waals surface area contributed by atoms with Gasteiger partial charge in [-0.25, -0.2) is 4.39 Å². The first kappa shape index (κ1) is 35.3. The summed E-state index contributed by atoms with van der Waals surface area (Å²) >= 11 is 0. The van der Waals surface area contributed by atoms with Crippen molar-refractivity contribution >= 4 is 35.6 Å². The number of anilines is 1. The van der Waals surface area contributed by atoms with E-state index in [0.717, 1.165) is 60.9 Å². The van der Waals surface area contributed by atoms with E-state index in [1.165, 1.54) is 12.8 Å². The molecule has 3 aromatic carbocycles. The van der Waals surface area contributed by atoms with Crippen molar-refractivity contribution in [3.05, 3.63) is 53.8 Å². The third-order valence-corrected chi connectivity index (χ3v) is 19.4. The van der Waals surface area contributed by atoms with Crippen molar-refractivity contribution in [2.75, 3.05) is 25.0 Å². The number of fused-ring (bicyclic) bond motifs is 6. The monoisotopic (exact) mass is 719 g/mol. The number of benzene rings is 3. The standard InChI is InChI=1S/C43H54FN5O2Si/c1-25(2)52(26(3)4,27(5)6)18-17-28-9-8-10-29-19-34(50)22-38(39(28)29)36-15-16-37-41(40(36)44)46-43(51-35-20-32-13-14-33(21-35)48(32)7)47-42(37)49-23-30-11-12-31(24-49)45-30/h8-10,15-16,19,22,25-27,30-33,35,45,50H,11-14,20-21,23-24H2,1-7H3/t30?,31?,32-,33+,35?. The second kappa shape index (κ2) is 13.6. The van der Waals surface area contributed by atoms with E-state index >= 15 is 4.39 Å². The van der Waals surface area contributed by atoms with Crippen LogP contribution in [-0.2, 0) is 0 Å². The molecule has 4 aliphatic heterocycles. The second-order valence-electron chi connectivity index (χ2n) is 17.0. The molecular weight excluding hydrogens is 666 g/mol. The third-order valence-electron chi connectivity index (χ3n) is 13.1. The van der Waals surface area contributed by atoms with E-state index in [2.05, 4.69) is 75.2 Å². The predicted octanol–water partition coefficient (Wildman–Crippen LogP) is 8.81. The van der Waals surface area contributed by atoms with Gasteiger partial charge in [0.15, 0.2) is 5.82 Å². The first-order valence-corrected chi connectivity index (χ1v) is 21.8. The maximum Gasteiger partial charge on any atom is 0.319 e. The number of phenolic OH excluding ortho intramolecular Hbond substituents is 1. The molecule has 4 fully saturated rings. The summed E-state index contributed by atoms with van der Waals surface area (Å²) in [6, 6.07) is 15.3. The Balaban J connectivity index is 1.27. The average Bonchev–Trinajstić information content (AvgIpc) is 3.52. The lowest BCUT2D eigenvalue weighted by Crippen LogP contribution is -2.51. The van der Waals surface area contributed by atoms with Gasteiger partial charge in [0.2, 0.25) is 0 Å². The number of phenols is 1. The Kier molecular flexibility index (Phi) is 9.24. The quantitative estimate of drug-likeness (QED) is 0.146. The largest absolute Gasteiger partial charge is 0.508 e. The number of halogens is 1. The number of nitrogens with zero attached hydrogens (tertiary/aromatic N) is 4. The van der Waals surface area contributed by atoms with Gasteiger partial charge in [0, 0.05) is 72.0 Å². The molecule has 274 valence electrons. The molecule has 5 atom stereocenters. The summed E-state index contributed by atoms with van der Waals surface area (Å²) in [6.45, 7) is 15.5. The second-order valence-corrected chi connectivity index (χ2v) is 22.6. The van der Waals surface area contributed by atoms with Crippen LogP contribution < -0.4 is 15.0 Å². The number of ether oxygens (including phenoxy) is 1. The zero-order valence-corrected chi connectivity index (χ0v) is 32.8. The van der Waals surface area contributed by atoms with E-state index in [9.17, 15) is 5.11 Å². The van der Waals surface area contributed by atoms with Gasteiger partial charge in [-0.15, -0.1) is 5.54 Å². The minimum absolute atomic E-state index is 0.00113. The molecule has 0 amide bonds. The Hall–Kier alpha value is -3.71. The normalized spacial score (nSPS) is 24.8. The zero-order valence-electron chi connectivity index (χ0n) is 31.8. The fourth-order valence-corrected chi connectivity index (χ4v) is 15.8. The van der Waals surface area contributed by atoms with Crippen molar-refractivity contribution in [3.8, 4) is 34.4 Å². The van der Waals surface area contributed by atoms with Gasteiger partial charge < -0.3 is 25.0 Å². The van der Waals surface area contributed by atoms with E-state index < -0.39 is 13.9 Å². The van der Waals surface area contributed by atoms with Crippen LogP contribution in [0.4, 0.5) is 10.2 Å². The fourth-order valence-electron chi connectivity index (χ4n) is 10.5. The molecule has 3 unspecified atom stereocenters. The van der Waals surface area contributed by atoms with Crippen molar-refractivity contribution < 1.29 is 14.2 Å². The maximum absolute atomic E-state index is 17.4. The summed E-state index contributed by atoms with van der Waals surface area (Å²) in [5.74, 6) is 4.03. The number of piperazine rings is 1. The topological polar surface area (TPSA) is 73.8 Å². The molecule has 7 nitrogen and oxygen atoms in total. The van der Waals surface area contributed by atoms with E-state index in [4.69, 9.17) is 14.7 Å². The molecule has 2 N–H and O–H groups in total. The highest BCUT2D eigenvalue weighted by Gasteiger charge is 2.42. The van der Waals surface area contributed by atoms with Crippen molar-refractivity contribution in [1.29, 1.82) is 0 Å². The summed E-state index contributed by atoms with van der Waals surface area (Å²) < 4.78 is 24.0. The Morgan fingerprint density at radius 2 is 1.56 bits per heavy atom. The third kappa shape index (κ3) is 6.05. The van der Waals surface area contributed by atoms with Crippen molar-refractivity contribution in [3.63, 3.8) is 0 Å². The number of rotatable bonds is 7. The average molecular weight is 720 g/mol. The highest BCUT2D eigenvalue weighted by molar-refractivity contribution is 6.90. The van der Waals surface area contributed by atoms with Crippen LogP contribution in [0.5, 0.6) is 11.8 Å². The molecule has 4 aromatic rings. The van der Waals surface area contributed by atoms with Gasteiger partial charge in [-0.1, -0.05) is 65.7 Å². The molecule has 9 heteroatoms. The summed E-state index contributed by atoms with van der Waals surface area (Å²) in [5.41, 5.74) is 7.43. The van der Waals surface area contributed by atoms with Crippen molar-refractivity contribution in [2.24, 2.45) is 0 Å². The molecule has 1 aromatic heterocycles. The molecular formula is C43H54FN5O2Si. The number of hydrogen-bond acceptors (Lipinski definition) is 7. The van der Waals surface area contributed by atoms with Gasteiger partial charge in [0.05, 0.1) is 0 Å². The van der Waals surface area contributed by atoms with Crippen LogP contribution >= 0.6 is 0 Å². The van der Waals surface area contributed by atoms with Crippen LogP contribution in [-0.4, -0.2) is 78.5 Å². The van der Waals surface area contributed by atoms with Gasteiger partial charge in [-0.3, -0.25) is 0 Å². The highest BCUT2D eigenvalue weighted by Crippen LogP contribution is 2.43. The molecule has 4 aliphatic rings. The van der Waals surface area contributed by atoms with Crippen LogP contribution in [0.1, 0.15) is 85.6 Å². The SMILES string of the molecule is CC(C)[Si](C#Cc1cccc2cc(O)cc(-c3ccc4c(N5CC6CCC(C5)N6)nc(OC5C[C@H]6CC[C@@H](C5)N6C)nc4c3F)c12)(C(C)C)C(C)C.